The van der Waals surface area contributed by atoms with Crippen LogP contribution in [0.25, 0.3) is 0 Å². The Kier molecular flexibility index (Phi) is 3.91. The van der Waals surface area contributed by atoms with Crippen LogP contribution in [-0.4, -0.2) is 31.2 Å². The number of amides is 2. The van der Waals surface area contributed by atoms with Crippen molar-refractivity contribution in [3.05, 3.63) is 29.8 Å². The van der Waals surface area contributed by atoms with Gasteiger partial charge in [0.15, 0.2) is 0 Å². The fourth-order valence-electron chi connectivity index (χ4n) is 2.18. The van der Waals surface area contributed by atoms with Crippen molar-refractivity contribution in [3.63, 3.8) is 0 Å². The number of hydrogen-bond donors (Lipinski definition) is 2. The van der Waals surface area contributed by atoms with Gasteiger partial charge >= 0.3 is 0 Å². The summed E-state index contributed by atoms with van der Waals surface area (Å²) >= 11 is 4.06. The van der Waals surface area contributed by atoms with Gasteiger partial charge in [-0.15, -0.1) is 0 Å². The number of benzene rings is 1. The van der Waals surface area contributed by atoms with Crippen LogP contribution in [0.2, 0.25) is 0 Å². The molecule has 0 bridgehead atoms. The second-order valence-corrected chi connectivity index (χ2v) is 4.73. The van der Waals surface area contributed by atoms with Crippen molar-refractivity contribution in [2.75, 3.05) is 24.2 Å². The highest BCUT2D eigenvalue weighted by Gasteiger charge is 2.33. The van der Waals surface area contributed by atoms with E-state index >= 15 is 0 Å². The van der Waals surface area contributed by atoms with Gasteiger partial charge in [0, 0.05) is 31.5 Å². The average molecular weight is 264 g/mol. The third kappa shape index (κ3) is 2.36. The van der Waals surface area contributed by atoms with Crippen molar-refractivity contribution >= 4 is 30.1 Å². The number of para-hydroxylation sites is 1. The van der Waals surface area contributed by atoms with Crippen LogP contribution in [0, 0.1) is 0 Å². The van der Waals surface area contributed by atoms with Crippen LogP contribution in [0.5, 0.6) is 0 Å². The Morgan fingerprint density at radius 1 is 1.50 bits per heavy atom. The molecule has 96 valence electrons. The lowest BCUT2D eigenvalue weighted by Gasteiger charge is -2.30. The van der Waals surface area contributed by atoms with Gasteiger partial charge < -0.3 is 10.2 Å². The predicted molar refractivity (Wildman–Crippen MR) is 74.1 cm³/mol. The number of rotatable bonds is 3. The fraction of sp³-hybridized carbons (Fsp3) is 0.385. The molecule has 1 aliphatic heterocycles. The number of carbonyl (C=O) groups is 2. The number of carbonyl (C=O) groups excluding carboxylic acids is 2. The summed E-state index contributed by atoms with van der Waals surface area (Å²) in [4.78, 5) is 25.5. The van der Waals surface area contributed by atoms with E-state index in [0.29, 0.717) is 12.3 Å². The number of thiol groups is 1. The molecule has 0 saturated carbocycles. The lowest BCUT2D eigenvalue weighted by molar-refractivity contribution is -0.127. The number of fused-ring (bicyclic) bond motifs is 1. The second kappa shape index (κ2) is 5.44. The minimum Gasteiger partial charge on any atom is -0.355 e. The van der Waals surface area contributed by atoms with Gasteiger partial charge in [0.05, 0.1) is 5.92 Å². The first kappa shape index (κ1) is 13.0. The largest absolute Gasteiger partial charge is 0.355 e. The average Bonchev–Trinajstić information content (AvgIpc) is 2.40. The van der Waals surface area contributed by atoms with Crippen LogP contribution in [0.4, 0.5) is 5.69 Å². The van der Waals surface area contributed by atoms with E-state index in [1.54, 1.807) is 11.9 Å². The Balaban J connectivity index is 2.30. The summed E-state index contributed by atoms with van der Waals surface area (Å²) in [6.07, 6.45) is 0.228. The zero-order valence-corrected chi connectivity index (χ0v) is 11.1. The zero-order chi connectivity index (χ0) is 13.1. The van der Waals surface area contributed by atoms with E-state index in [1.807, 2.05) is 24.3 Å². The minimum absolute atomic E-state index is 0.0280. The number of anilines is 1. The van der Waals surface area contributed by atoms with Gasteiger partial charge in [0.2, 0.25) is 11.8 Å². The molecule has 18 heavy (non-hydrogen) atoms. The molecule has 1 unspecified atom stereocenters. The summed E-state index contributed by atoms with van der Waals surface area (Å²) < 4.78 is 0. The molecule has 1 aromatic carbocycles. The Morgan fingerprint density at radius 2 is 2.22 bits per heavy atom. The van der Waals surface area contributed by atoms with E-state index in [4.69, 9.17) is 0 Å². The molecular weight excluding hydrogens is 248 g/mol. The molecule has 0 saturated heterocycles. The van der Waals surface area contributed by atoms with Crippen LogP contribution in [0.1, 0.15) is 17.9 Å². The predicted octanol–water partition coefficient (Wildman–Crippen LogP) is 1.18. The van der Waals surface area contributed by atoms with Gasteiger partial charge in [0.25, 0.3) is 0 Å². The summed E-state index contributed by atoms with van der Waals surface area (Å²) in [7, 11) is 1.74. The van der Waals surface area contributed by atoms with Crippen molar-refractivity contribution in [2.24, 2.45) is 0 Å². The molecule has 2 amide bonds. The van der Waals surface area contributed by atoms with Gasteiger partial charge in [-0.05, 0) is 11.6 Å². The quantitative estimate of drug-likeness (QED) is 0.806. The SMILES string of the molecule is CN1C(=O)CC(C(=O)NCCS)c2ccccc21. The monoisotopic (exact) mass is 264 g/mol. The molecular formula is C13H16N2O2S. The van der Waals surface area contributed by atoms with Crippen molar-refractivity contribution < 1.29 is 9.59 Å². The first-order valence-electron chi connectivity index (χ1n) is 5.89. The summed E-state index contributed by atoms with van der Waals surface area (Å²) in [6.45, 7) is 0.518. The van der Waals surface area contributed by atoms with Crippen molar-refractivity contribution in [1.29, 1.82) is 0 Å². The van der Waals surface area contributed by atoms with E-state index in [9.17, 15) is 9.59 Å². The number of nitrogens with zero attached hydrogens (tertiary/aromatic N) is 1. The topological polar surface area (TPSA) is 49.4 Å². The maximum atomic E-state index is 12.1. The van der Waals surface area contributed by atoms with Gasteiger partial charge in [-0.2, -0.15) is 12.6 Å². The lowest BCUT2D eigenvalue weighted by Crippen LogP contribution is -2.39. The third-order valence-corrected chi connectivity index (χ3v) is 3.38. The van der Waals surface area contributed by atoms with Crippen LogP contribution in [0.3, 0.4) is 0 Å². The second-order valence-electron chi connectivity index (χ2n) is 4.28. The molecule has 4 nitrogen and oxygen atoms in total. The number of hydrogen-bond acceptors (Lipinski definition) is 3. The Bertz CT molecular complexity index is 476. The molecule has 0 radical (unpaired) electrons. The van der Waals surface area contributed by atoms with E-state index < -0.39 is 0 Å². The molecule has 2 rings (SSSR count). The molecule has 0 fully saturated rings. The van der Waals surface area contributed by atoms with Gasteiger partial charge in [-0.25, -0.2) is 0 Å². The van der Waals surface area contributed by atoms with E-state index in [0.717, 1.165) is 11.3 Å². The molecule has 0 spiro atoms. The van der Waals surface area contributed by atoms with Crippen LogP contribution >= 0.6 is 12.6 Å². The highest BCUT2D eigenvalue weighted by Crippen LogP contribution is 2.34. The summed E-state index contributed by atoms with van der Waals surface area (Å²) in [5.74, 6) is 0.0796. The van der Waals surface area contributed by atoms with Crippen molar-refractivity contribution in [2.45, 2.75) is 12.3 Å². The Morgan fingerprint density at radius 3 is 2.94 bits per heavy atom. The standard InChI is InChI=1S/C13H16N2O2S/c1-15-11-5-3-2-4-9(11)10(8-12(15)16)13(17)14-6-7-18/h2-5,10,18H,6-8H2,1H3,(H,14,17). The Hall–Kier alpha value is -1.49. The van der Waals surface area contributed by atoms with Crippen molar-refractivity contribution in [3.8, 4) is 0 Å². The molecule has 0 aliphatic carbocycles. The first-order chi connectivity index (χ1) is 8.65. The third-order valence-electron chi connectivity index (χ3n) is 3.15. The molecule has 0 aromatic heterocycles. The van der Waals surface area contributed by atoms with Gasteiger partial charge in [0.1, 0.15) is 0 Å². The highest BCUT2D eigenvalue weighted by atomic mass is 32.1. The molecule has 1 heterocycles. The minimum atomic E-state index is -0.384. The first-order valence-corrected chi connectivity index (χ1v) is 6.52. The van der Waals surface area contributed by atoms with Crippen LogP contribution in [0.15, 0.2) is 24.3 Å². The molecule has 1 aliphatic rings. The zero-order valence-electron chi connectivity index (χ0n) is 10.2. The van der Waals surface area contributed by atoms with Gasteiger partial charge in [-0.1, -0.05) is 18.2 Å². The van der Waals surface area contributed by atoms with E-state index in [-0.39, 0.29) is 24.2 Å². The fourth-order valence-corrected chi connectivity index (χ4v) is 2.29. The summed E-state index contributed by atoms with van der Waals surface area (Å²) in [5.41, 5.74) is 1.73. The van der Waals surface area contributed by atoms with E-state index in [1.165, 1.54) is 0 Å². The van der Waals surface area contributed by atoms with Gasteiger partial charge in [-0.3, -0.25) is 9.59 Å². The molecule has 5 heteroatoms. The maximum Gasteiger partial charge on any atom is 0.228 e. The lowest BCUT2D eigenvalue weighted by atomic mass is 9.89. The highest BCUT2D eigenvalue weighted by molar-refractivity contribution is 7.80. The van der Waals surface area contributed by atoms with Crippen LogP contribution in [-0.2, 0) is 9.59 Å². The number of nitrogens with one attached hydrogen (secondary N) is 1. The normalized spacial score (nSPS) is 18.4. The molecule has 1 N–H and O–H groups in total. The van der Waals surface area contributed by atoms with E-state index in [2.05, 4.69) is 17.9 Å². The van der Waals surface area contributed by atoms with Crippen molar-refractivity contribution in [1.82, 2.24) is 5.32 Å². The maximum absolute atomic E-state index is 12.1. The smallest absolute Gasteiger partial charge is 0.228 e. The summed E-state index contributed by atoms with van der Waals surface area (Å²) in [6, 6.07) is 7.53. The molecule has 1 aromatic rings. The van der Waals surface area contributed by atoms with Crippen LogP contribution < -0.4 is 10.2 Å². The Labute approximate surface area is 112 Å². The summed E-state index contributed by atoms with van der Waals surface area (Å²) in [5, 5.41) is 2.79. The molecule has 1 atom stereocenters.